The summed E-state index contributed by atoms with van der Waals surface area (Å²) < 4.78 is 5.52. The summed E-state index contributed by atoms with van der Waals surface area (Å²) in [6.45, 7) is 7.80. The molecule has 0 atom stereocenters. The van der Waals surface area contributed by atoms with E-state index in [1.54, 1.807) is 0 Å². The van der Waals surface area contributed by atoms with Crippen molar-refractivity contribution < 1.29 is 4.74 Å². The Balaban J connectivity index is 2.08. The van der Waals surface area contributed by atoms with Crippen LogP contribution in [0.4, 0.5) is 0 Å². The quantitative estimate of drug-likeness (QED) is 0.625. The van der Waals surface area contributed by atoms with E-state index in [0.717, 1.165) is 32.7 Å². The molecule has 1 aliphatic heterocycles. The van der Waals surface area contributed by atoms with E-state index in [4.69, 9.17) is 15.9 Å². The zero-order valence-corrected chi connectivity index (χ0v) is 12.4. The normalized spacial score (nSPS) is 17.1. The molecule has 20 heavy (non-hydrogen) atoms. The van der Waals surface area contributed by atoms with Gasteiger partial charge in [-0.15, -0.1) is 0 Å². The van der Waals surface area contributed by atoms with Gasteiger partial charge in [0.25, 0.3) is 0 Å². The van der Waals surface area contributed by atoms with E-state index in [2.05, 4.69) is 22.9 Å². The molecule has 1 aromatic carbocycles. The lowest BCUT2D eigenvalue weighted by Gasteiger charge is -2.32. The molecule has 0 amide bonds. The molecule has 0 radical (unpaired) electrons. The maximum absolute atomic E-state index is 7.67. The zero-order valence-electron chi connectivity index (χ0n) is 12.4. The second-order valence-corrected chi connectivity index (χ2v) is 5.26. The van der Waals surface area contributed by atoms with E-state index in [1.807, 2.05) is 19.1 Å². The van der Waals surface area contributed by atoms with E-state index < -0.39 is 0 Å². The van der Waals surface area contributed by atoms with Crippen molar-refractivity contribution in [2.75, 3.05) is 39.8 Å². The van der Waals surface area contributed by atoms with Gasteiger partial charge in [-0.3, -0.25) is 10.3 Å². The topological polar surface area (TPSA) is 65.6 Å². The van der Waals surface area contributed by atoms with Gasteiger partial charge in [0.1, 0.15) is 11.6 Å². The number of nitrogens with one attached hydrogen (secondary N) is 1. The second-order valence-electron chi connectivity index (χ2n) is 5.26. The molecular weight excluding hydrogens is 252 g/mol. The number of hydrogen-bond donors (Lipinski definition) is 2. The molecule has 0 saturated carbocycles. The van der Waals surface area contributed by atoms with Crippen LogP contribution in [-0.2, 0) is 6.54 Å². The van der Waals surface area contributed by atoms with E-state index >= 15 is 0 Å². The zero-order chi connectivity index (χ0) is 14.5. The molecule has 3 N–H and O–H groups in total. The standard InChI is InChI=1S/C15H24N4O/c1-3-20-14-5-4-12(10-13(14)15(16)17)11-19-8-6-18(2)7-9-19/h4-5,10H,3,6-9,11H2,1-2H3,(H3,16,17). The first-order valence-electron chi connectivity index (χ1n) is 7.11. The minimum absolute atomic E-state index is 0.0636. The molecule has 0 unspecified atom stereocenters. The van der Waals surface area contributed by atoms with Crippen LogP contribution >= 0.6 is 0 Å². The summed E-state index contributed by atoms with van der Waals surface area (Å²) in [5.74, 6) is 0.760. The fourth-order valence-electron chi connectivity index (χ4n) is 2.43. The number of rotatable bonds is 5. The highest BCUT2D eigenvalue weighted by Gasteiger charge is 2.15. The molecule has 0 bridgehead atoms. The van der Waals surface area contributed by atoms with Gasteiger partial charge >= 0.3 is 0 Å². The monoisotopic (exact) mass is 276 g/mol. The Bertz CT molecular complexity index is 467. The molecule has 0 aliphatic carbocycles. The molecule has 1 saturated heterocycles. The summed E-state index contributed by atoms with van der Waals surface area (Å²) in [6, 6.07) is 5.97. The first-order valence-corrected chi connectivity index (χ1v) is 7.11. The number of piperazine rings is 1. The van der Waals surface area contributed by atoms with Crippen LogP contribution < -0.4 is 10.5 Å². The predicted octanol–water partition coefficient (Wildman–Crippen LogP) is 1.12. The maximum atomic E-state index is 7.67. The SMILES string of the molecule is CCOc1ccc(CN2CCN(C)CC2)cc1C(=N)N. The molecule has 110 valence electrons. The van der Waals surface area contributed by atoms with Gasteiger partial charge in [0.05, 0.1) is 12.2 Å². The van der Waals surface area contributed by atoms with Crippen LogP contribution in [0.5, 0.6) is 5.75 Å². The van der Waals surface area contributed by atoms with Gasteiger partial charge < -0.3 is 15.4 Å². The van der Waals surface area contributed by atoms with Crippen LogP contribution in [-0.4, -0.2) is 55.5 Å². The third-order valence-corrected chi connectivity index (χ3v) is 3.64. The average Bonchev–Trinajstić information content (AvgIpc) is 2.43. The molecule has 2 rings (SSSR count). The summed E-state index contributed by atoms with van der Waals surface area (Å²) in [4.78, 5) is 4.77. The van der Waals surface area contributed by atoms with Gasteiger partial charge in [-0.05, 0) is 31.7 Å². The van der Waals surface area contributed by atoms with Gasteiger partial charge in [0, 0.05) is 32.7 Å². The van der Waals surface area contributed by atoms with Crippen LogP contribution in [0.15, 0.2) is 18.2 Å². The Morgan fingerprint density at radius 2 is 2.00 bits per heavy atom. The molecule has 1 aromatic rings. The Morgan fingerprint density at radius 3 is 2.60 bits per heavy atom. The van der Waals surface area contributed by atoms with Gasteiger partial charge in [-0.25, -0.2) is 0 Å². The van der Waals surface area contributed by atoms with Crippen LogP contribution in [0.1, 0.15) is 18.1 Å². The Hall–Kier alpha value is -1.59. The largest absolute Gasteiger partial charge is 0.493 e. The number of benzene rings is 1. The molecule has 5 nitrogen and oxygen atoms in total. The molecule has 1 aliphatic rings. The highest BCUT2D eigenvalue weighted by atomic mass is 16.5. The molecular formula is C15H24N4O. The summed E-state index contributed by atoms with van der Waals surface area (Å²) in [7, 11) is 2.15. The van der Waals surface area contributed by atoms with Crippen molar-refractivity contribution in [1.82, 2.24) is 9.80 Å². The van der Waals surface area contributed by atoms with Crippen molar-refractivity contribution in [3.05, 3.63) is 29.3 Å². The van der Waals surface area contributed by atoms with Gasteiger partial charge in [-0.2, -0.15) is 0 Å². The number of nitrogen functional groups attached to an aromatic ring is 1. The summed E-state index contributed by atoms with van der Waals surface area (Å²) in [6.07, 6.45) is 0. The Morgan fingerprint density at radius 1 is 1.30 bits per heavy atom. The third-order valence-electron chi connectivity index (χ3n) is 3.64. The van der Waals surface area contributed by atoms with E-state index in [-0.39, 0.29) is 5.84 Å². The van der Waals surface area contributed by atoms with Crippen LogP contribution in [0.25, 0.3) is 0 Å². The lowest BCUT2D eigenvalue weighted by molar-refractivity contribution is 0.148. The molecule has 0 aromatic heterocycles. The van der Waals surface area contributed by atoms with Crippen molar-refractivity contribution in [3.8, 4) is 5.75 Å². The van der Waals surface area contributed by atoms with Gasteiger partial charge in [0.15, 0.2) is 0 Å². The first kappa shape index (κ1) is 14.8. The van der Waals surface area contributed by atoms with Gasteiger partial charge in [0.2, 0.25) is 0 Å². The molecule has 5 heteroatoms. The third kappa shape index (κ3) is 3.71. The fourth-order valence-corrected chi connectivity index (χ4v) is 2.43. The van der Waals surface area contributed by atoms with Crippen LogP contribution in [0, 0.1) is 5.41 Å². The lowest BCUT2D eigenvalue weighted by Crippen LogP contribution is -2.43. The summed E-state index contributed by atoms with van der Waals surface area (Å²) in [5, 5.41) is 7.67. The number of amidine groups is 1. The van der Waals surface area contributed by atoms with Crippen molar-refractivity contribution in [2.45, 2.75) is 13.5 Å². The predicted molar refractivity (Wildman–Crippen MR) is 81.4 cm³/mol. The Labute approximate surface area is 120 Å². The minimum Gasteiger partial charge on any atom is -0.493 e. The van der Waals surface area contributed by atoms with E-state index in [0.29, 0.717) is 17.9 Å². The second kappa shape index (κ2) is 6.72. The minimum atomic E-state index is 0.0636. The van der Waals surface area contributed by atoms with Crippen LogP contribution in [0.2, 0.25) is 0 Å². The number of hydrogen-bond acceptors (Lipinski definition) is 4. The Kier molecular flexibility index (Phi) is 4.98. The van der Waals surface area contributed by atoms with Crippen LogP contribution in [0.3, 0.4) is 0 Å². The molecule has 1 heterocycles. The number of ether oxygens (including phenoxy) is 1. The highest BCUT2D eigenvalue weighted by Crippen LogP contribution is 2.21. The van der Waals surface area contributed by atoms with Crippen molar-refractivity contribution in [1.29, 1.82) is 5.41 Å². The summed E-state index contributed by atoms with van der Waals surface area (Å²) in [5.41, 5.74) is 7.52. The first-order chi connectivity index (χ1) is 9.60. The smallest absolute Gasteiger partial charge is 0.130 e. The van der Waals surface area contributed by atoms with Crippen molar-refractivity contribution >= 4 is 5.84 Å². The lowest BCUT2D eigenvalue weighted by atomic mass is 10.1. The van der Waals surface area contributed by atoms with E-state index in [1.165, 1.54) is 5.56 Å². The van der Waals surface area contributed by atoms with Gasteiger partial charge in [-0.1, -0.05) is 6.07 Å². The van der Waals surface area contributed by atoms with E-state index in [9.17, 15) is 0 Å². The fraction of sp³-hybridized carbons (Fsp3) is 0.533. The van der Waals surface area contributed by atoms with Crippen molar-refractivity contribution in [3.63, 3.8) is 0 Å². The molecule has 1 fully saturated rings. The summed E-state index contributed by atoms with van der Waals surface area (Å²) >= 11 is 0. The highest BCUT2D eigenvalue weighted by molar-refractivity contribution is 5.97. The average molecular weight is 276 g/mol. The maximum Gasteiger partial charge on any atom is 0.130 e. The van der Waals surface area contributed by atoms with Crippen molar-refractivity contribution in [2.24, 2.45) is 5.73 Å². The number of nitrogens with zero attached hydrogens (tertiary/aromatic N) is 2. The number of nitrogens with two attached hydrogens (primary N) is 1. The number of likely N-dealkylation sites (N-methyl/N-ethyl adjacent to an activating group) is 1. The molecule has 0 spiro atoms.